The number of aliphatic carboxylic acids is 1. The number of benzene rings is 1. The molecule has 0 aliphatic heterocycles. The van der Waals surface area contributed by atoms with Crippen molar-refractivity contribution in [1.29, 1.82) is 0 Å². The van der Waals surface area contributed by atoms with Gasteiger partial charge in [0.15, 0.2) is 0 Å². The Morgan fingerprint density at radius 2 is 2.28 bits per heavy atom. The van der Waals surface area contributed by atoms with Crippen molar-refractivity contribution in [2.75, 3.05) is 0 Å². The highest BCUT2D eigenvalue weighted by atomic mass is 32.2. The van der Waals surface area contributed by atoms with Crippen LogP contribution in [0.4, 0.5) is 4.39 Å². The first kappa shape index (κ1) is 14.8. The highest BCUT2D eigenvalue weighted by molar-refractivity contribution is 7.99. The van der Waals surface area contributed by atoms with Crippen LogP contribution in [-0.2, 0) is 10.5 Å². The molecule has 2 nitrogen and oxygen atoms in total. The number of carboxylic acid groups (broad SMARTS) is 1. The van der Waals surface area contributed by atoms with E-state index in [9.17, 15) is 9.18 Å². The zero-order valence-corrected chi connectivity index (χ0v) is 11.3. The van der Waals surface area contributed by atoms with Crippen molar-refractivity contribution in [2.45, 2.75) is 31.3 Å². The van der Waals surface area contributed by atoms with E-state index in [4.69, 9.17) is 5.11 Å². The van der Waals surface area contributed by atoms with E-state index in [1.807, 2.05) is 0 Å². The standard InChI is InChI=1S/C14H17FO2S/c1-3-10(2)18-9-11-4-6-13(15)12(8-11)5-7-14(16)17/h4-8,10H,3,9H2,1-2H3,(H,16,17)/b7-5+. The van der Waals surface area contributed by atoms with Gasteiger partial charge in [0.05, 0.1) is 0 Å². The van der Waals surface area contributed by atoms with E-state index in [1.165, 1.54) is 12.1 Å². The van der Waals surface area contributed by atoms with Crippen LogP contribution >= 0.6 is 11.8 Å². The third kappa shape index (κ3) is 4.92. The predicted octanol–water partition coefficient (Wildman–Crippen LogP) is 3.96. The molecule has 18 heavy (non-hydrogen) atoms. The van der Waals surface area contributed by atoms with E-state index >= 15 is 0 Å². The van der Waals surface area contributed by atoms with Gasteiger partial charge >= 0.3 is 5.97 Å². The number of hydrogen-bond donors (Lipinski definition) is 1. The van der Waals surface area contributed by atoms with Crippen LogP contribution in [0.3, 0.4) is 0 Å². The Kier molecular flexibility index (Phi) is 5.92. The van der Waals surface area contributed by atoms with Crippen molar-refractivity contribution >= 4 is 23.8 Å². The van der Waals surface area contributed by atoms with Gasteiger partial charge in [0.1, 0.15) is 5.82 Å². The molecule has 0 amide bonds. The quantitative estimate of drug-likeness (QED) is 0.794. The molecule has 0 aliphatic carbocycles. The van der Waals surface area contributed by atoms with Crippen LogP contribution in [-0.4, -0.2) is 16.3 Å². The lowest BCUT2D eigenvalue weighted by Crippen LogP contribution is -1.95. The molecular formula is C14H17FO2S. The molecule has 1 atom stereocenters. The average molecular weight is 268 g/mol. The summed E-state index contributed by atoms with van der Waals surface area (Å²) in [5, 5.41) is 9.09. The second-order valence-electron chi connectivity index (χ2n) is 4.06. The molecule has 0 radical (unpaired) electrons. The molecule has 0 bridgehead atoms. The van der Waals surface area contributed by atoms with Crippen molar-refractivity contribution in [3.8, 4) is 0 Å². The molecule has 1 unspecified atom stereocenters. The Balaban J connectivity index is 2.77. The van der Waals surface area contributed by atoms with Gasteiger partial charge in [0, 0.05) is 22.6 Å². The molecule has 0 saturated heterocycles. The molecule has 0 fully saturated rings. The fourth-order valence-corrected chi connectivity index (χ4v) is 2.22. The Morgan fingerprint density at radius 1 is 1.56 bits per heavy atom. The molecule has 0 aromatic heterocycles. The summed E-state index contributed by atoms with van der Waals surface area (Å²) in [5.41, 5.74) is 1.33. The van der Waals surface area contributed by atoms with Gasteiger partial charge in [-0.1, -0.05) is 19.9 Å². The summed E-state index contributed by atoms with van der Waals surface area (Å²) < 4.78 is 13.4. The molecular weight excluding hydrogens is 251 g/mol. The van der Waals surface area contributed by atoms with Crippen LogP contribution < -0.4 is 0 Å². The third-order valence-electron chi connectivity index (χ3n) is 2.58. The maximum Gasteiger partial charge on any atom is 0.328 e. The Labute approximate surface area is 111 Å². The lowest BCUT2D eigenvalue weighted by molar-refractivity contribution is -0.131. The summed E-state index contributed by atoms with van der Waals surface area (Å²) >= 11 is 1.81. The van der Waals surface area contributed by atoms with Crippen molar-refractivity contribution in [3.63, 3.8) is 0 Å². The first-order chi connectivity index (χ1) is 8.52. The van der Waals surface area contributed by atoms with Crippen LogP contribution in [0.5, 0.6) is 0 Å². The number of rotatable bonds is 6. The monoisotopic (exact) mass is 268 g/mol. The van der Waals surface area contributed by atoms with Crippen molar-refractivity contribution in [2.24, 2.45) is 0 Å². The normalized spacial score (nSPS) is 12.8. The van der Waals surface area contributed by atoms with Gasteiger partial charge in [-0.2, -0.15) is 11.8 Å². The summed E-state index contributed by atoms with van der Waals surface area (Å²) in [6.45, 7) is 4.28. The number of hydrogen-bond acceptors (Lipinski definition) is 2. The second kappa shape index (κ2) is 7.21. The highest BCUT2D eigenvalue weighted by Gasteiger charge is 2.04. The molecule has 1 aromatic rings. The van der Waals surface area contributed by atoms with Gasteiger partial charge in [0.2, 0.25) is 0 Å². The minimum Gasteiger partial charge on any atom is -0.478 e. The van der Waals surface area contributed by atoms with Crippen LogP contribution in [0.15, 0.2) is 24.3 Å². The summed E-state index contributed by atoms with van der Waals surface area (Å²) in [6, 6.07) is 4.82. The molecule has 1 rings (SSSR count). The maximum atomic E-state index is 13.4. The van der Waals surface area contributed by atoms with E-state index in [0.717, 1.165) is 23.8 Å². The largest absolute Gasteiger partial charge is 0.478 e. The smallest absolute Gasteiger partial charge is 0.328 e. The summed E-state index contributed by atoms with van der Waals surface area (Å²) in [7, 11) is 0. The van der Waals surface area contributed by atoms with E-state index in [2.05, 4.69) is 13.8 Å². The zero-order chi connectivity index (χ0) is 13.5. The molecule has 1 N–H and O–H groups in total. The third-order valence-corrected chi connectivity index (χ3v) is 3.98. The van der Waals surface area contributed by atoms with Crippen LogP contribution in [0.25, 0.3) is 6.08 Å². The molecule has 98 valence electrons. The van der Waals surface area contributed by atoms with Crippen molar-refractivity contribution in [1.82, 2.24) is 0 Å². The van der Waals surface area contributed by atoms with Gasteiger partial charge in [-0.15, -0.1) is 0 Å². The van der Waals surface area contributed by atoms with E-state index in [1.54, 1.807) is 23.9 Å². The molecule has 0 heterocycles. The lowest BCUT2D eigenvalue weighted by Gasteiger charge is -2.08. The Hall–Kier alpha value is -1.29. The summed E-state index contributed by atoms with van der Waals surface area (Å²) in [6.07, 6.45) is 3.33. The van der Waals surface area contributed by atoms with Crippen molar-refractivity contribution < 1.29 is 14.3 Å². The fourth-order valence-electron chi connectivity index (χ4n) is 1.33. The van der Waals surface area contributed by atoms with Gasteiger partial charge in [-0.05, 0) is 30.2 Å². The topological polar surface area (TPSA) is 37.3 Å². The van der Waals surface area contributed by atoms with Crippen LogP contribution in [0, 0.1) is 5.82 Å². The summed E-state index contributed by atoms with van der Waals surface area (Å²) in [4.78, 5) is 10.4. The number of thioether (sulfide) groups is 1. The average Bonchev–Trinajstić information content (AvgIpc) is 2.35. The SMILES string of the molecule is CCC(C)SCc1ccc(F)c(/C=C/C(=O)O)c1. The first-order valence-corrected chi connectivity index (χ1v) is 6.88. The highest BCUT2D eigenvalue weighted by Crippen LogP contribution is 2.21. The minimum absolute atomic E-state index is 0.319. The lowest BCUT2D eigenvalue weighted by atomic mass is 10.1. The Bertz CT molecular complexity index is 443. The minimum atomic E-state index is -1.08. The van der Waals surface area contributed by atoms with E-state index < -0.39 is 11.8 Å². The predicted molar refractivity (Wildman–Crippen MR) is 74.1 cm³/mol. The Morgan fingerprint density at radius 3 is 2.89 bits per heavy atom. The first-order valence-electron chi connectivity index (χ1n) is 5.84. The van der Waals surface area contributed by atoms with Gasteiger partial charge in [-0.3, -0.25) is 0 Å². The molecule has 1 aromatic carbocycles. The van der Waals surface area contributed by atoms with Crippen LogP contribution in [0.1, 0.15) is 31.4 Å². The molecule has 0 spiro atoms. The number of carbonyl (C=O) groups is 1. The molecule has 0 saturated carbocycles. The molecule has 4 heteroatoms. The molecule has 0 aliphatic rings. The van der Waals surface area contributed by atoms with Gasteiger partial charge < -0.3 is 5.11 Å². The van der Waals surface area contributed by atoms with E-state index in [-0.39, 0.29) is 0 Å². The van der Waals surface area contributed by atoms with Gasteiger partial charge in [-0.25, -0.2) is 9.18 Å². The summed E-state index contributed by atoms with van der Waals surface area (Å²) in [5.74, 6) is -0.665. The number of halogens is 1. The van der Waals surface area contributed by atoms with Crippen molar-refractivity contribution in [3.05, 3.63) is 41.2 Å². The maximum absolute atomic E-state index is 13.4. The zero-order valence-electron chi connectivity index (χ0n) is 10.5. The second-order valence-corrected chi connectivity index (χ2v) is 5.48. The number of carboxylic acids is 1. The van der Waals surface area contributed by atoms with E-state index in [0.29, 0.717) is 10.8 Å². The van der Waals surface area contributed by atoms with Crippen LogP contribution in [0.2, 0.25) is 0 Å². The van der Waals surface area contributed by atoms with Gasteiger partial charge in [0.25, 0.3) is 0 Å². The fraction of sp³-hybridized carbons (Fsp3) is 0.357.